The molecule has 204 valence electrons. The number of piperidine rings is 1. The van der Waals surface area contributed by atoms with Crippen molar-refractivity contribution in [3.05, 3.63) is 65.2 Å². The average Bonchev–Trinajstić information content (AvgIpc) is 2.79. The molecule has 1 fully saturated rings. The zero-order chi connectivity index (χ0) is 27.6. The van der Waals surface area contributed by atoms with Crippen molar-refractivity contribution < 1.29 is 39.9 Å². The number of nitrogens with zero attached hydrogens (tertiary/aromatic N) is 1. The summed E-state index contributed by atoms with van der Waals surface area (Å²) in [6.07, 6.45) is -10.6. The topological polar surface area (TPSA) is 72.5 Å². The summed E-state index contributed by atoms with van der Waals surface area (Å²) in [6.45, 7) is 2.44. The van der Waals surface area contributed by atoms with Crippen molar-refractivity contribution in [2.45, 2.75) is 56.3 Å². The van der Waals surface area contributed by atoms with Crippen LogP contribution in [0.2, 0.25) is 0 Å². The van der Waals surface area contributed by atoms with Crippen LogP contribution in [0.1, 0.15) is 48.6 Å². The molecule has 1 amide bonds. The van der Waals surface area contributed by atoms with E-state index >= 15 is 0 Å². The number of benzene rings is 2. The third-order valence-corrected chi connectivity index (χ3v) is 7.49. The molecule has 37 heavy (non-hydrogen) atoms. The summed E-state index contributed by atoms with van der Waals surface area (Å²) in [5, 5.41) is 1.75. The Bertz CT molecular complexity index is 1090. The van der Waals surface area contributed by atoms with Gasteiger partial charge >= 0.3 is 12.4 Å². The van der Waals surface area contributed by atoms with E-state index in [1.807, 2.05) is 0 Å². The minimum Gasteiger partial charge on any atom is -0.772 e. The molecule has 2 aromatic carbocycles. The van der Waals surface area contributed by atoms with Gasteiger partial charge in [-0.05, 0) is 72.1 Å². The van der Waals surface area contributed by atoms with Crippen molar-refractivity contribution in [3.63, 3.8) is 0 Å². The lowest BCUT2D eigenvalue weighted by Gasteiger charge is -2.48. The van der Waals surface area contributed by atoms with Crippen LogP contribution in [-0.2, 0) is 27.8 Å². The molecule has 12 heteroatoms. The zero-order valence-corrected chi connectivity index (χ0v) is 21.0. The molecule has 0 aliphatic carbocycles. The van der Waals surface area contributed by atoms with Crippen LogP contribution in [-0.4, -0.2) is 45.0 Å². The number of alkyl halides is 6. The number of nitrogens with one attached hydrogen (secondary N) is 1. The van der Waals surface area contributed by atoms with Crippen molar-refractivity contribution in [1.82, 2.24) is 4.90 Å². The van der Waals surface area contributed by atoms with E-state index in [2.05, 4.69) is 5.32 Å². The average molecular weight is 550 g/mol. The Balaban J connectivity index is 1.81. The van der Waals surface area contributed by atoms with E-state index in [-0.39, 0.29) is 37.5 Å². The molecule has 3 rings (SSSR count). The molecule has 1 saturated heterocycles. The molecule has 3 atom stereocenters. The van der Waals surface area contributed by atoms with E-state index in [1.165, 1.54) is 6.92 Å². The molecular weight excluding hydrogens is 522 g/mol. The molecule has 0 bridgehead atoms. The van der Waals surface area contributed by atoms with Gasteiger partial charge in [-0.1, -0.05) is 43.3 Å². The quantitative estimate of drug-likeness (QED) is 0.347. The van der Waals surface area contributed by atoms with Gasteiger partial charge in [0.05, 0.1) is 6.42 Å². The fourth-order valence-electron chi connectivity index (χ4n) is 4.73. The third kappa shape index (κ3) is 6.18. The van der Waals surface area contributed by atoms with Gasteiger partial charge in [0.25, 0.3) is 0 Å². The molecule has 1 N–H and O–H groups in total. The first-order valence-corrected chi connectivity index (χ1v) is 12.8. The molecule has 0 aromatic heterocycles. The number of amides is 1. The number of rotatable bonds is 7. The van der Waals surface area contributed by atoms with E-state index in [0.29, 0.717) is 22.4 Å². The van der Waals surface area contributed by atoms with E-state index in [1.54, 1.807) is 31.2 Å². The van der Waals surface area contributed by atoms with Crippen LogP contribution in [0.3, 0.4) is 0 Å². The van der Waals surface area contributed by atoms with Gasteiger partial charge < -0.3 is 9.87 Å². The number of carbonyl (C=O) groups is 1. The molecule has 0 radical (unpaired) electrons. The van der Waals surface area contributed by atoms with Gasteiger partial charge in [-0.25, -0.2) is 0 Å². The van der Waals surface area contributed by atoms with E-state index in [4.69, 9.17) is 0 Å². The highest BCUT2D eigenvalue weighted by molar-refractivity contribution is 7.79. The molecule has 1 aliphatic rings. The van der Waals surface area contributed by atoms with E-state index < -0.39 is 45.7 Å². The lowest BCUT2D eigenvalue weighted by Crippen LogP contribution is -2.66. The number of carbonyl (C=O) groups excluding carboxylic acids is 1. The fraction of sp³-hybridized carbons (Fsp3) is 0.480. The van der Waals surface area contributed by atoms with Crippen LogP contribution in [0.15, 0.2) is 48.5 Å². The summed E-state index contributed by atoms with van der Waals surface area (Å²) in [6, 6.07) is 9.84. The summed E-state index contributed by atoms with van der Waals surface area (Å²) in [7, 11) is 0. The third-order valence-electron chi connectivity index (χ3n) is 6.64. The van der Waals surface area contributed by atoms with Gasteiger partial charge in [0.2, 0.25) is 11.4 Å². The minimum atomic E-state index is -5.63. The van der Waals surface area contributed by atoms with Crippen molar-refractivity contribution in [1.29, 1.82) is 0 Å². The monoisotopic (exact) mass is 549 g/mol. The number of anilines is 1. The fourth-order valence-corrected chi connectivity index (χ4v) is 5.11. The summed E-state index contributed by atoms with van der Waals surface area (Å²) >= 11 is -2.30. The Labute approximate surface area is 213 Å². The first-order valence-electron chi connectivity index (χ1n) is 11.6. The first-order chi connectivity index (χ1) is 17.2. The van der Waals surface area contributed by atoms with Gasteiger partial charge in [0.15, 0.2) is 0 Å². The molecule has 1 aliphatic heterocycles. The maximum absolute atomic E-state index is 14.3. The molecule has 3 unspecified atom stereocenters. The van der Waals surface area contributed by atoms with Crippen LogP contribution >= 0.6 is 0 Å². The first kappa shape index (κ1) is 29.1. The standard InChI is InChI=1S/C25H28F6N2O3S/c1-16-4-3-13-33(15-16)23(24(26,27)28,25(29,30)31)20-9-11-21(12-10-20)32-22(34)14-18-5-7-19(8-6-18)17(2)37(35)36/h5-12,16-17H,3-4,13-15H2,1-2H3,(H,32,34)(H,35,36)/p-1. The van der Waals surface area contributed by atoms with Gasteiger partial charge in [-0.2, -0.15) is 26.3 Å². The Morgan fingerprint density at radius 1 is 1.05 bits per heavy atom. The Hall–Kier alpha value is -2.44. The van der Waals surface area contributed by atoms with E-state index in [0.717, 1.165) is 24.3 Å². The summed E-state index contributed by atoms with van der Waals surface area (Å²) in [4.78, 5) is 12.9. The Kier molecular flexibility index (Phi) is 8.75. The maximum Gasteiger partial charge on any atom is 0.419 e. The number of hydrogen-bond acceptors (Lipinski definition) is 4. The molecule has 5 nitrogen and oxygen atoms in total. The smallest absolute Gasteiger partial charge is 0.419 e. The highest BCUT2D eigenvalue weighted by Crippen LogP contribution is 2.55. The predicted octanol–water partition coefficient (Wildman–Crippen LogP) is 5.86. The van der Waals surface area contributed by atoms with Crippen molar-refractivity contribution in [3.8, 4) is 0 Å². The Morgan fingerprint density at radius 3 is 2.11 bits per heavy atom. The van der Waals surface area contributed by atoms with Crippen molar-refractivity contribution >= 4 is 22.7 Å². The summed E-state index contributed by atoms with van der Waals surface area (Å²) < 4.78 is 108. The lowest BCUT2D eigenvalue weighted by atomic mass is 9.83. The van der Waals surface area contributed by atoms with Gasteiger partial charge in [0.1, 0.15) is 0 Å². The molecule has 2 aromatic rings. The number of hydrogen-bond donors (Lipinski definition) is 1. The van der Waals surface area contributed by atoms with Crippen molar-refractivity contribution in [2.24, 2.45) is 5.92 Å². The van der Waals surface area contributed by atoms with Gasteiger partial charge in [-0.15, -0.1) is 0 Å². The molecule has 0 spiro atoms. The highest BCUT2D eigenvalue weighted by Gasteiger charge is 2.74. The van der Waals surface area contributed by atoms with Crippen LogP contribution < -0.4 is 5.32 Å². The predicted molar refractivity (Wildman–Crippen MR) is 126 cm³/mol. The Morgan fingerprint density at radius 2 is 1.62 bits per heavy atom. The maximum atomic E-state index is 14.3. The summed E-state index contributed by atoms with van der Waals surface area (Å²) in [5.74, 6) is -0.861. The molecule has 0 saturated carbocycles. The largest absolute Gasteiger partial charge is 0.772 e. The van der Waals surface area contributed by atoms with Crippen LogP contribution in [0.25, 0.3) is 0 Å². The van der Waals surface area contributed by atoms with E-state index in [9.17, 15) is 39.9 Å². The highest BCUT2D eigenvalue weighted by atomic mass is 32.2. The summed E-state index contributed by atoms with van der Waals surface area (Å²) in [5.41, 5.74) is -3.99. The zero-order valence-electron chi connectivity index (χ0n) is 20.2. The number of likely N-dealkylation sites (tertiary alicyclic amines) is 1. The van der Waals surface area contributed by atoms with Gasteiger partial charge in [-0.3, -0.25) is 13.9 Å². The second-order valence-electron chi connectivity index (χ2n) is 9.35. The second-order valence-corrected chi connectivity index (χ2v) is 10.6. The van der Waals surface area contributed by atoms with Crippen LogP contribution in [0.4, 0.5) is 32.0 Å². The molecular formula is C25H27F6N2O3S-. The SMILES string of the molecule is CC1CCCN(C(c2ccc(NC(=O)Cc3ccc(C(C)S(=O)[O-])cc3)cc2)(C(F)(F)F)C(F)(F)F)C1. The van der Waals surface area contributed by atoms with Crippen LogP contribution in [0, 0.1) is 5.92 Å². The second kappa shape index (κ2) is 11.1. The minimum absolute atomic E-state index is 0.0472. The number of halogens is 6. The molecule has 1 heterocycles. The van der Waals surface area contributed by atoms with Gasteiger partial charge in [0, 0.05) is 17.5 Å². The normalized spacial score (nSPS) is 19.3. The lowest BCUT2D eigenvalue weighted by molar-refractivity contribution is -0.351. The van der Waals surface area contributed by atoms with Crippen molar-refractivity contribution in [2.75, 3.05) is 18.4 Å². The van der Waals surface area contributed by atoms with Crippen LogP contribution in [0.5, 0.6) is 0 Å².